The zero-order valence-electron chi connectivity index (χ0n) is 30.4. The smallest absolute Gasteiger partial charge is 0.408 e. The number of ether oxygens (including phenoxy) is 2. The predicted molar refractivity (Wildman–Crippen MR) is 202 cm³/mol. The minimum absolute atomic E-state index is 0.0376. The molecule has 1 aromatic heterocycles. The number of rotatable bonds is 14. The normalized spacial score (nSPS) is 19.8. The number of halogens is 2. The lowest BCUT2D eigenvalue weighted by Crippen LogP contribution is -2.67. The number of hydrogen-bond donors (Lipinski definition) is 5. The molecule has 0 radical (unpaired) electrons. The Morgan fingerprint density at radius 1 is 0.962 bits per heavy atom. The van der Waals surface area contributed by atoms with E-state index in [0.29, 0.717) is 60.5 Å². The molecule has 52 heavy (non-hydrogen) atoms. The van der Waals surface area contributed by atoms with E-state index in [1.54, 1.807) is 12.1 Å². The van der Waals surface area contributed by atoms with Crippen LogP contribution in [0.4, 0.5) is 4.79 Å². The van der Waals surface area contributed by atoms with Gasteiger partial charge in [-0.1, -0.05) is 94.1 Å². The molecule has 5 atom stereocenters. The lowest BCUT2D eigenvalue weighted by atomic mass is 9.78. The summed E-state index contributed by atoms with van der Waals surface area (Å²) >= 11 is 13.0. The Labute approximate surface area is 315 Å². The van der Waals surface area contributed by atoms with Gasteiger partial charge in [0.2, 0.25) is 17.7 Å². The molecule has 5 N–H and O–H groups in total. The van der Waals surface area contributed by atoms with E-state index in [0.717, 1.165) is 35.0 Å². The fourth-order valence-corrected chi connectivity index (χ4v) is 7.56. The van der Waals surface area contributed by atoms with Crippen molar-refractivity contribution in [3.63, 3.8) is 0 Å². The van der Waals surface area contributed by atoms with Crippen LogP contribution in [0.1, 0.15) is 76.6 Å². The number of amides is 4. The maximum atomic E-state index is 14.7. The molecular formula is C39H51Cl2N5O6. The van der Waals surface area contributed by atoms with Crippen molar-refractivity contribution in [1.82, 2.24) is 26.3 Å². The van der Waals surface area contributed by atoms with Crippen molar-refractivity contribution < 1.29 is 28.7 Å². The van der Waals surface area contributed by atoms with Crippen LogP contribution in [-0.4, -0.2) is 66.2 Å². The average molecular weight is 757 g/mol. The fourth-order valence-electron chi connectivity index (χ4n) is 7.02. The van der Waals surface area contributed by atoms with E-state index in [9.17, 15) is 19.2 Å². The third-order valence-electron chi connectivity index (χ3n) is 10.8. The number of aromatic nitrogens is 1. The standard InChI is InChI=1S/C39H51Cl2N5O6/c1-5-23(3)32(35(47)42-21-25-13-16-51-17-14-25)44-37(49)39(15-12-31-29(20-39)28-18-27(40)19-30(41)34(28)43-31)46-36(48)33(24(4)6-2)45-38(50)52-22-26-10-8-7-9-11-26/h7-11,18-19,23-25,32-33,43H,5-6,12-17,20-22H2,1-4H3,(H,42,47)(H,44,49)(H,45,50)(H,46,48)/t23-,24-,32?,33?,39-/m0/s1. The highest BCUT2D eigenvalue weighted by molar-refractivity contribution is 6.38. The van der Waals surface area contributed by atoms with Crippen molar-refractivity contribution in [3.8, 4) is 0 Å². The summed E-state index contributed by atoms with van der Waals surface area (Å²) < 4.78 is 10.9. The SMILES string of the molecule is CC[C@H](C)C(NC(=O)OCc1ccccc1)C(=O)N[C@@]1(C(=O)NC(C(=O)NCC2CCOCC2)[C@@H](C)CC)CCc2[nH]c3c(Cl)cc(Cl)cc3c2C1. The minimum Gasteiger partial charge on any atom is -0.445 e. The van der Waals surface area contributed by atoms with Crippen molar-refractivity contribution in [3.05, 3.63) is 69.3 Å². The van der Waals surface area contributed by atoms with Crippen LogP contribution in [0.25, 0.3) is 10.9 Å². The molecule has 4 amide bonds. The van der Waals surface area contributed by atoms with Gasteiger partial charge in [-0.05, 0) is 66.7 Å². The Balaban J connectivity index is 1.43. The molecule has 1 aliphatic heterocycles. The third-order valence-corrected chi connectivity index (χ3v) is 11.3. The van der Waals surface area contributed by atoms with Crippen LogP contribution in [0.5, 0.6) is 0 Å². The first-order valence-electron chi connectivity index (χ1n) is 18.4. The highest BCUT2D eigenvalue weighted by Crippen LogP contribution is 2.38. The highest BCUT2D eigenvalue weighted by Gasteiger charge is 2.47. The summed E-state index contributed by atoms with van der Waals surface area (Å²) in [5.74, 6) is -1.45. The Bertz CT molecular complexity index is 1730. The zero-order chi connectivity index (χ0) is 37.4. The fraction of sp³-hybridized carbons (Fsp3) is 0.538. The number of aromatic amines is 1. The van der Waals surface area contributed by atoms with Crippen LogP contribution in [0.3, 0.4) is 0 Å². The number of benzene rings is 2. The number of H-pyrrole nitrogens is 1. The second-order valence-corrected chi connectivity index (χ2v) is 15.2. The van der Waals surface area contributed by atoms with E-state index in [-0.39, 0.29) is 37.2 Å². The molecule has 2 heterocycles. The van der Waals surface area contributed by atoms with Gasteiger partial charge in [-0.15, -0.1) is 0 Å². The molecule has 1 fully saturated rings. The van der Waals surface area contributed by atoms with Crippen LogP contribution in [0, 0.1) is 17.8 Å². The van der Waals surface area contributed by atoms with Gasteiger partial charge in [0.25, 0.3) is 0 Å². The summed E-state index contributed by atoms with van der Waals surface area (Å²) in [4.78, 5) is 59.2. The molecule has 11 nitrogen and oxygen atoms in total. The van der Waals surface area contributed by atoms with Crippen LogP contribution in [-0.2, 0) is 43.3 Å². The van der Waals surface area contributed by atoms with Gasteiger partial charge in [0.05, 0.1) is 10.5 Å². The van der Waals surface area contributed by atoms with E-state index < -0.39 is 35.5 Å². The molecular weight excluding hydrogens is 705 g/mol. The van der Waals surface area contributed by atoms with Crippen molar-refractivity contribution in [2.45, 2.75) is 96.9 Å². The lowest BCUT2D eigenvalue weighted by Gasteiger charge is -2.39. The number of hydrogen-bond acceptors (Lipinski definition) is 6. The van der Waals surface area contributed by atoms with Gasteiger partial charge < -0.3 is 35.7 Å². The lowest BCUT2D eigenvalue weighted by molar-refractivity contribution is -0.138. The average Bonchev–Trinajstić information content (AvgIpc) is 3.51. The van der Waals surface area contributed by atoms with Crippen molar-refractivity contribution in [1.29, 1.82) is 0 Å². The predicted octanol–water partition coefficient (Wildman–Crippen LogP) is 6.23. The summed E-state index contributed by atoms with van der Waals surface area (Å²) in [6.45, 7) is 9.54. The maximum absolute atomic E-state index is 14.7. The highest BCUT2D eigenvalue weighted by atomic mass is 35.5. The number of aryl methyl sites for hydroxylation is 1. The second-order valence-electron chi connectivity index (χ2n) is 14.3. The second kappa shape index (κ2) is 17.8. The topological polar surface area (TPSA) is 151 Å². The monoisotopic (exact) mass is 755 g/mol. The van der Waals surface area contributed by atoms with Gasteiger partial charge in [0.1, 0.15) is 24.2 Å². The van der Waals surface area contributed by atoms with Gasteiger partial charge in [-0.25, -0.2) is 4.79 Å². The van der Waals surface area contributed by atoms with Gasteiger partial charge in [-0.3, -0.25) is 14.4 Å². The maximum Gasteiger partial charge on any atom is 0.408 e. The van der Waals surface area contributed by atoms with E-state index in [1.807, 2.05) is 58.0 Å². The first kappa shape index (κ1) is 39.4. The molecule has 13 heteroatoms. The molecule has 2 aromatic carbocycles. The van der Waals surface area contributed by atoms with Crippen LogP contribution < -0.4 is 21.3 Å². The molecule has 0 spiro atoms. The van der Waals surface area contributed by atoms with Gasteiger partial charge in [0.15, 0.2) is 0 Å². The zero-order valence-corrected chi connectivity index (χ0v) is 31.9. The Morgan fingerprint density at radius 3 is 2.31 bits per heavy atom. The van der Waals surface area contributed by atoms with Crippen LogP contribution in [0.15, 0.2) is 42.5 Å². The van der Waals surface area contributed by atoms with E-state index in [1.165, 1.54) is 0 Å². The van der Waals surface area contributed by atoms with E-state index >= 15 is 0 Å². The molecule has 2 aliphatic rings. The number of nitrogens with one attached hydrogen (secondary N) is 5. The first-order valence-corrected chi connectivity index (χ1v) is 19.1. The Morgan fingerprint density at radius 2 is 1.63 bits per heavy atom. The number of carbonyl (C=O) groups is 4. The first-order chi connectivity index (χ1) is 24.9. The van der Waals surface area contributed by atoms with Crippen LogP contribution >= 0.6 is 23.2 Å². The van der Waals surface area contributed by atoms with Crippen molar-refractivity contribution >= 4 is 57.9 Å². The molecule has 0 bridgehead atoms. The molecule has 5 rings (SSSR count). The molecule has 1 aliphatic carbocycles. The number of alkyl carbamates (subject to hydrolysis) is 1. The number of fused-ring (bicyclic) bond motifs is 3. The Kier molecular flexibility index (Phi) is 13.5. The van der Waals surface area contributed by atoms with Gasteiger partial charge in [-0.2, -0.15) is 0 Å². The molecule has 1 saturated heterocycles. The van der Waals surface area contributed by atoms with Gasteiger partial charge in [0, 0.05) is 42.3 Å². The van der Waals surface area contributed by atoms with Crippen molar-refractivity contribution in [2.75, 3.05) is 19.8 Å². The molecule has 282 valence electrons. The van der Waals surface area contributed by atoms with E-state index in [4.69, 9.17) is 32.7 Å². The van der Waals surface area contributed by atoms with Gasteiger partial charge >= 0.3 is 6.09 Å². The molecule has 2 unspecified atom stereocenters. The third kappa shape index (κ3) is 9.40. The van der Waals surface area contributed by atoms with E-state index in [2.05, 4.69) is 26.3 Å². The summed E-state index contributed by atoms with van der Waals surface area (Å²) in [7, 11) is 0. The van der Waals surface area contributed by atoms with Crippen molar-refractivity contribution in [2.24, 2.45) is 17.8 Å². The number of carbonyl (C=O) groups excluding carboxylic acids is 4. The summed E-state index contributed by atoms with van der Waals surface area (Å²) in [6.07, 6.45) is 2.96. The Hall–Kier alpha value is -3.80. The summed E-state index contributed by atoms with van der Waals surface area (Å²) in [6, 6.07) is 10.9. The quantitative estimate of drug-likeness (QED) is 0.132. The summed E-state index contributed by atoms with van der Waals surface area (Å²) in [5.41, 5.74) is 1.74. The molecule has 0 saturated carbocycles. The largest absolute Gasteiger partial charge is 0.445 e. The van der Waals surface area contributed by atoms with Crippen LogP contribution in [0.2, 0.25) is 10.0 Å². The minimum atomic E-state index is -1.47. The summed E-state index contributed by atoms with van der Waals surface area (Å²) in [5, 5.41) is 13.6. The molecule has 3 aromatic rings.